The first-order valence-corrected chi connectivity index (χ1v) is 14.9. The Morgan fingerprint density at radius 1 is 1.03 bits per heavy atom. The van der Waals surface area contributed by atoms with Crippen LogP contribution in [0.1, 0.15) is 97.7 Å². The summed E-state index contributed by atoms with van der Waals surface area (Å²) in [5.74, 6) is 1.44. The van der Waals surface area contributed by atoms with Gasteiger partial charge in [-0.2, -0.15) is 10.4 Å². The largest absolute Gasteiger partial charge is 0.462 e. The lowest BCUT2D eigenvalue weighted by Crippen LogP contribution is -2.40. The Kier molecular flexibility index (Phi) is 7.43. The average molecular weight is 530 g/mol. The highest BCUT2D eigenvalue weighted by atomic mass is 35.5. The van der Waals surface area contributed by atoms with E-state index in [1.54, 1.807) is 6.07 Å². The third-order valence-electron chi connectivity index (χ3n) is 9.31. The van der Waals surface area contributed by atoms with Crippen LogP contribution in [0.5, 0.6) is 0 Å². The molecule has 0 saturated heterocycles. The molecule has 0 N–H and O–H groups in total. The number of hydrogen-bond donors (Lipinski definition) is 0. The van der Waals surface area contributed by atoms with Gasteiger partial charge in [-0.25, -0.2) is 4.79 Å². The normalized spacial score (nSPS) is 23.5. The summed E-state index contributed by atoms with van der Waals surface area (Å²) in [7, 11) is 0. The lowest BCUT2D eigenvalue weighted by Gasteiger charge is -2.34. The summed E-state index contributed by atoms with van der Waals surface area (Å²) in [4.78, 5) is 12.9. The summed E-state index contributed by atoms with van der Waals surface area (Å²) in [6.45, 7) is 0.514. The Morgan fingerprint density at radius 3 is 2.58 bits per heavy atom. The van der Waals surface area contributed by atoms with Crippen LogP contribution in [0, 0.1) is 29.1 Å². The molecule has 6 heteroatoms. The molecule has 0 spiro atoms. The molecule has 2 unspecified atom stereocenters. The monoisotopic (exact) mass is 529 g/mol. The Labute approximate surface area is 230 Å². The number of esters is 1. The smallest absolute Gasteiger partial charge is 0.338 e. The number of benzene rings is 2. The molecular weight excluding hydrogens is 494 g/mol. The molecule has 38 heavy (non-hydrogen) atoms. The molecule has 2 aromatic carbocycles. The number of hydrazone groups is 1. The molecule has 0 aromatic heterocycles. The molecule has 1 heterocycles. The van der Waals surface area contributed by atoms with Crippen LogP contribution in [0.3, 0.4) is 0 Å². The van der Waals surface area contributed by atoms with Gasteiger partial charge in [0, 0.05) is 11.5 Å². The first-order chi connectivity index (χ1) is 18.6. The van der Waals surface area contributed by atoms with Gasteiger partial charge in [-0.3, -0.25) is 5.01 Å². The number of anilines is 1. The summed E-state index contributed by atoms with van der Waals surface area (Å²) >= 11 is 6.44. The third kappa shape index (κ3) is 4.96. The number of carbonyl (C=O) groups is 1. The van der Waals surface area contributed by atoms with Gasteiger partial charge in [-0.15, -0.1) is 0 Å². The maximum Gasteiger partial charge on any atom is 0.338 e. The van der Waals surface area contributed by atoms with Crippen LogP contribution in [-0.2, 0) is 11.2 Å². The van der Waals surface area contributed by atoms with E-state index < -0.39 is 0 Å². The zero-order chi connectivity index (χ0) is 26.1. The zero-order valence-electron chi connectivity index (χ0n) is 22.0. The third-order valence-corrected chi connectivity index (χ3v) is 9.62. The fourth-order valence-electron chi connectivity index (χ4n) is 7.31. The number of rotatable bonds is 6. The molecule has 2 fully saturated rings. The average Bonchev–Trinajstić information content (AvgIpc) is 3.61. The van der Waals surface area contributed by atoms with E-state index in [0.717, 1.165) is 36.2 Å². The van der Waals surface area contributed by atoms with Gasteiger partial charge in [-0.1, -0.05) is 62.6 Å². The molecule has 0 bridgehead atoms. The first-order valence-electron chi connectivity index (χ1n) is 14.5. The Morgan fingerprint density at radius 2 is 1.82 bits per heavy atom. The highest BCUT2D eigenvalue weighted by molar-refractivity contribution is 6.32. The van der Waals surface area contributed by atoms with Crippen molar-refractivity contribution in [2.45, 2.75) is 83.1 Å². The fraction of sp³-hybridized carbons (Fsp3) is 0.531. The predicted octanol–water partition coefficient (Wildman–Crippen LogP) is 7.68. The van der Waals surface area contributed by atoms with Crippen molar-refractivity contribution in [1.29, 1.82) is 5.26 Å². The van der Waals surface area contributed by atoms with E-state index in [1.807, 2.05) is 24.3 Å². The molecule has 6 rings (SSSR count). The van der Waals surface area contributed by atoms with Crippen LogP contribution in [-0.4, -0.2) is 24.3 Å². The van der Waals surface area contributed by atoms with Gasteiger partial charge in [0.05, 0.1) is 40.2 Å². The van der Waals surface area contributed by atoms with Gasteiger partial charge in [0.2, 0.25) is 0 Å². The maximum absolute atomic E-state index is 12.9. The minimum Gasteiger partial charge on any atom is -0.462 e. The second-order valence-corrected chi connectivity index (χ2v) is 12.0. The number of fused-ring (bicyclic) bond motifs is 3. The summed E-state index contributed by atoms with van der Waals surface area (Å²) in [6, 6.07) is 14.1. The molecule has 2 atom stereocenters. The van der Waals surface area contributed by atoms with E-state index in [2.05, 4.69) is 17.1 Å². The topological polar surface area (TPSA) is 65.7 Å². The van der Waals surface area contributed by atoms with Crippen LogP contribution in [0.15, 0.2) is 41.5 Å². The standard InChI is InChI=1S/C32H36ClN3O2/c33-29-19-26(13-10-25(29)20-34)36-31(22-8-4-5-9-22)28-15-11-23-18-24(12-14-27(23)30(28)35-36)32(37)38-17-16-21-6-2-1-3-7-21/h10,12-14,18-19,21-22,28,31H,1-9,11,15-17H2. The summed E-state index contributed by atoms with van der Waals surface area (Å²) < 4.78 is 5.69. The molecule has 198 valence electrons. The van der Waals surface area contributed by atoms with Crippen LogP contribution < -0.4 is 5.01 Å². The summed E-state index contributed by atoms with van der Waals surface area (Å²) in [5, 5.41) is 17.2. The quantitative estimate of drug-likeness (QED) is 0.360. The molecule has 0 radical (unpaired) electrons. The van der Waals surface area contributed by atoms with Gasteiger partial charge in [-0.05, 0) is 79.8 Å². The minimum atomic E-state index is -0.211. The zero-order valence-corrected chi connectivity index (χ0v) is 22.8. The summed E-state index contributed by atoms with van der Waals surface area (Å²) in [6.07, 6.45) is 14.4. The highest BCUT2D eigenvalue weighted by Crippen LogP contribution is 2.45. The van der Waals surface area contributed by atoms with Gasteiger partial charge < -0.3 is 4.74 Å². The van der Waals surface area contributed by atoms with Crippen LogP contribution in [0.25, 0.3) is 0 Å². The van der Waals surface area contributed by atoms with Gasteiger partial charge in [0.15, 0.2) is 0 Å². The minimum absolute atomic E-state index is 0.211. The number of nitrogens with zero attached hydrogens (tertiary/aromatic N) is 3. The van der Waals surface area contributed by atoms with Crippen molar-refractivity contribution < 1.29 is 9.53 Å². The SMILES string of the molecule is N#Cc1ccc(N2N=C3c4ccc(C(=O)OCCC5CCCCC5)cc4CCC3C2C2CCCC2)cc1Cl. The van der Waals surface area contributed by atoms with Crippen molar-refractivity contribution in [3.8, 4) is 6.07 Å². The molecule has 0 amide bonds. The van der Waals surface area contributed by atoms with Crippen LogP contribution >= 0.6 is 11.6 Å². The van der Waals surface area contributed by atoms with Gasteiger partial charge >= 0.3 is 5.97 Å². The summed E-state index contributed by atoms with van der Waals surface area (Å²) in [5.41, 5.74) is 5.55. The van der Waals surface area contributed by atoms with Gasteiger partial charge in [0.1, 0.15) is 6.07 Å². The van der Waals surface area contributed by atoms with E-state index in [4.69, 9.17) is 21.4 Å². The van der Waals surface area contributed by atoms with Crippen LogP contribution in [0.4, 0.5) is 5.69 Å². The molecule has 4 aliphatic rings. The van der Waals surface area contributed by atoms with E-state index in [-0.39, 0.29) is 5.97 Å². The number of carbonyl (C=O) groups excluding carboxylic acids is 1. The molecule has 2 aromatic rings. The molecular formula is C32H36ClN3O2. The second-order valence-electron chi connectivity index (χ2n) is 11.6. The van der Waals surface area contributed by atoms with Crippen molar-refractivity contribution in [3.63, 3.8) is 0 Å². The van der Waals surface area contributed by atoms with Crippen LogP contribution in [0.2, 0.25) is 5.02 Å². The predicted molar refractivity (Wildman–Crippen MR) is 151 cm³/mol. The number of ether oxygens (including phenoxy) is 1. The number of halogens is 1. The van der Waals surface area contributed by atoms with Crippen molar-refractivity contribution in [2.24, 2.45) is 22.9 Å². The number of nitriles is 1. The maximum atomic E-state index is 12.9. The first kappa shape index (κ1) is 25.4. The Hall–Kier alpha value is -2.84. The molecule has 3 aliphatic carbocycles. The highest BCUT2D eigenvalue weighted by Gasteiger charge is 2.45. The second kappa shape index (κ2) is 11.1. The van der Waals surface area contributed by atoms with Crippen molar-refractivity contribution >= 4 is 29.0 Å². The molecule has 5 nitrogen and oxygen atoms in total. The number of hydrogen-bond acceptors (Lipinski definition) is 5. The van der Waals surface area contributed by atoms with Crippen molar-refractivity contribution in [1.82, 2.24) is 0 Å². The lowest BCUT2D eigenvalue weighted by molar-refractivity contribution is 0.0474. The van der Waals surface area contributed by atoms with E-state index in [9.17, 15) is 10.1 Å². The van der Waals surface area contributed by atoms with Crippen molar-refractivity contribution in [2.75, 3.05) is 11.6 Å². The van der Waals surface area contributed by atoms with Crippen molar-refractivity contribution in [3.05, 3.63) is 63.7 Å². The van der Waals surface area contributed by atoms with Gasteiger partial charge in [0.25, 0.3) is 0 Å². The number of aryl methyl sites for hydroxylation is 1. The Bertz CT molecular complexity index is 1270. The Balaban J connectivity index is 1.23. The molecule has 2 saturated carbocycles. The van der Waals surface area contributed by atoms with E-state index in [1.165, 1.54) is 63.4 Å². The molecule has 1 aliphatic heterocycles. The van der Waals surface area contributed by atoms with E-state index in [0.29, 0.717) is 46.6 Å². The lowest BCUT2D eigenvalue weighted by atomic mass is 9.75. The fourth-order valence-corrected chi connectivity index (χ4v) is 7.53. The van der Waals surface area contributed by atoms with E-state index >= 15 is 0 Å².